The molecule has 3 atom stereocenters. The molecule has 4 rings (SSSR count). The predicted octanol–water partition coefficient (Wildman–Crippen LogP) is 2.96. The molecule has 27 heavy (non-hydrogen) atoms. The van der Waals surface area contributed by atoms with Crippen molar-refractivity contribution in [3.8, 4) is 0 Å². The van der Waals surface area contributed by atoms with Crippen LogP contribution in [0.25, 0.3) is 0 Å². The van der Waals surface area contributed by atoms with Gasteiger partial charge < -0.3 is 4.90 Å². The number of rotatable bonds is 4. The maximum atomic E-state index is 12.9. The third-order valence-electron chi connectivity index (χ3n) is 7.03. The third-order valence-corrected chi connectivity index (χ3v) is 8.92. The normalized spacial score (nSPS) is 28.7. The Balaban J connectivity index is 1.35. The number of carbonyl (C=O) groups excluding carboxylic acids is 1. The van der Waals surface area contributed by atoms with E-state index in [1.54, 1.807) is 12.1 Å². The molecule has 0 N–H and O–H groups in total. The zero-order valence-corrected chi connectivity index (χ0v) is 17.2. The SMILES string of the molecule is Cc1ccc(S(=O)(=O)N2CCN(C(=O)C[C@H]3C[C@H]4CC[C@@H]3C4)CC2)cc1C. The fourth-order valence-electron chi connectivity index (χ4n) is 5.18. The summed E-state index contributed by atoms with van der Waals surface area (Å²) in [7, 11) is -3.48. The van der Waals surface area contributed by atoms with Gasteiger partial charge in [0.25, 0.3) is 0 Å². The minimum atomic E-state index is -3.48. The molecule has 1 aromatic rings. The highest BCUT2D eigenvalue weighted by Gasteiger charge is 2.41. The minimum Gasteiger partial charge on any atom is -0.340 e. The van der Waals surface area contributed by atoms with E-state index in [1.165, 1.54) is 30.0 Å². The Morgan fingerprint density at radius 3 is 2.37 bits per heavy atom. The Morgan fingerprint density at radius 1 is 1.04 bits per heavy atom. The van der Waals surface area contributed by atoms with Crippen LogP contribution < -0.4 is 0 Å². The Kier molecular flexibility index (Phi) is 5.06. The molecule has 1 amide bonds. The lowest BCUT2D eigenvalue weighted by atomic mass is 9.86. The molecule has 1 saturated heterocycles. The molecule has 0 radical (unpaired) electrons. The monoisotopic (exact) mass is 390 g/mol. The van der Waals surface area contributed by atoms with Gasteiger partial charge in [0.05, 0.1) is 4.90 Å². The van der Waals surface area contributed by atoms with Crippen LogP contribution in [0, 0.1) is 31.6 Å². The summed E-state index contributed by atoms with van der Waals surface area (Å²) in [5.74, 6) is 2.39. The van der Waals surface area contributed by atoms with Crippen molar-refractivity contribution in [2.45, 2.75) is 50.8 Å². The fourth-order valence-corrected chi connectivity index (χ4v) is 6.69. The standard InChI is InChI=1S/C21H30N2O3S/c1-15-3-6-20(11-16(15)2)27(25,26)23-9-7-22(8-10-23)21(24)14-19-13-17-4-5-18(19)12-17/h3,6,11,17-19H,4-5,7-10,12-14H2,1-2H3/t17-,18+,19+/m0/s1. The Morgan fingerprint density at radius 2 is 1.78 bits per heavy atom. The van der Waals surface area contributed by atoms with Crippen molar-refractivity contribution < 1.29 is 13.2 Å². The van der Waals surface area contributed by atoms with Crippen LogP contribution in [0.5, 0.6) is 0 Å². The first kappa shape index (κ1) is 18.9. The zero-order chi connectivity index (χ0) is 19.2. The van der Waals surface area contributed by atoms with Crippen molar-refractivity contribution in [1.29, 1.82) is 0 Å². The summed E-state index contributed by atoms with van der Waals surface area (Å²) in [4.78, 5) is 14.9. The lowest BCUT2D eigenvalue weighted by Gasteiger charge is -2.35. The molecule has 3 fully saturated rings. The van der Waals surface area contributed by atoms with Crippen LogP contribution in [0.2, 0.25) is 0 Å². The molecule has 0 unspecified atom stereocenters. The Bertz CT molecular complexity index is 828. The molecular weight excluding hydrogens is 360 g/mol. The van der Waals surface area contributed by atoms with Crippen LogP contribution in [0.4, 0.5) is 0 Å². The van der Waals surface area contributed by atoms with Gasteiger partial charge in [-0.15, -0.1) is 0 Å². The topological polar surface area (TPSA) is 57.7 Å². The molecule has 6 heteroatoms. The number of carbonyl (C=O) groups is 1. The van der Waals surface area contributed by atoms with E-state index >= 15 is 0 Å². The Hall–Kier alpha value is -1.40. The second-order valence-corrected chi connectivity index (χ2v) is 10.6. The van der Waals surface area contributed by atoms with E-state index in [9.17, 15) is 13.2 Å². The highest BCUT2D eigenvalue weighted by atomic mass is 32.2. The summed E-state index contributed by atoms with van der Waals surface area (Å²) in [5.41, 5.74) is 2.07. The number of benzene rings is 1. The molecule has 1 heterocycles. The molecule has 5 nitrogen and oxygen atoms in total. The summed E-state index contributed by atoms with van der Waals surface area (Å²) >= 11 is 0. The van der Waals surface area contributed by atoms with Gasteiger partial charge in [-0.2, -0.15) is 4.31 Å². The van der Waals surface area contributed by atoms with Gasteiger partial charge in [0.2, 0.25) is 15.9 Å². The van der Waals surface area contributed by atoms with Gasteiger partial charge in [-0.3, -0.25) is 4.79 Å². The summed E-state index contributed by atoms with van der Waals surface area (Å²) in [6.45, 7) is 5.69. The van der Waals surface area contributed by atoms with Gasteiger partial charge in [-0.05, 0) is 74.1 Å². The largest absolute Gasteiger partial charge is 0.340 e. The van der Waals surface area contributed by atoms with Gasteiger partial charge in [0.1, 0.15) is 0 Å². The lowest BCUT2D eigenvalue weighted by Crippen LogP contribution is -2.50. The average molecular weight is 391 g/mol. The third kappa shape index (κ3) is 3.66. The number of fused-ring (bicyclic) bond motifs is 2. The average Bonchev–Trinajstić information content (AvgIpc) is 3.27. The second kappa shape index (κ2) is 7.21. The fraction of sp³-hybridized carbons (Fsp3) is 0.667. The van der Waals surface area contributed by atoms with Crippen molar-refractivity contribution in [1.82, 2.24) is 9.21 Å². The van der Waals surface area contributed by atoms with Gasteiger partial charge in [0, 0.05) is 32.6 Å². The van der Waals surface area contributed by atoms with E-state index in [0.717, 1.165) is 23.0 Å². The first-order valence-corrected chi connectivity index (χ1v) is 11.6. The number of hydrogen-bond acceptors (Lipinski definition) is 3. The van der Waals surface area contributed by atoms with Crippen molar-refractivity contribution in [2.24, 2.45) is 17.8 Å². The summed E-state index contributed by atoms with van der Waals surface area (Å²) in [6, 6.07) is 5.29. The van der Waals surface area contributed by atoms with E-state index in [1.807, 2.05) is 24.8 Å². The van der Waals surface area contributed by atoms with Crippen LogP contribution in [-0.4, -0.2) is 49.7 Å². The van der Waals surface area contributed by atoms with Crippen LogP contribution in [0.1, 0.15) is 43.2 Å². The number of nitrogens with zero attached hydrogens (tertiary/aromatic N) is 2. The second-order valence-electron chi connectivity index (χ2n) is 8.67. The van der Waals surface area contributed by atoms with E-state index in [2.05, 4.69) is 0 Å². The van der Waals surface area contributed by atoms with Gasteiger partial charge in [-0.1, -0.05) is 12.5 Å². The molecule has 3 aliphatic rings. The van der Waals surface area contributed by atoms with Gasteiger partial charge in [-0.25, -0.2) is 8.42 Å². The van der Waals surface area contributed by atoms with E-state index in [-0.39, 0.29) is 5.91 Å². The molecular formula is C21H30N2O3S. The summed E-state index contributed by atoms with van der Waals surface area (Å²) in [5, 5.41) is 0. The molecule has 1 aliphatic heterocycles. The van der Waals surface area contributed by atoms with Crippen LogP contribution in [-0.2, 0) is 14.8 Å². The van der Waals surface area contributed by atoms with Crippen molar-refractivity contribution >= 4 is 15.9 Å². The quantitative estimate of drug-likeness (QED) is 0.794. The van der Waals surface area contributed by atoms with Gasteiger partial charge in [0.15, 0.2) is 0 Å². The van der Waals surface area contributed by atoms with E-state index in [4.69, 9.17) is 0 Å². The van der Waals surface area contributed by atoms with Crippen molar-refractivity contribution in [3.63, 3.8) is 0 Å². The lowest BCUT2D eigenvalue weighted by molar-refractivity contribution is -0.133. The van der Waals surface area contributed by atoms with Gasteiger partial charge >= 0.3 is 0 Å². The maximum Gasteiger partial charge on any atom is 0.243 e. The number of amides is 1. The zero-order valence-electron chi connectivity index (χ0n) is 16.4. The molecule has 148 valence electrons. The number of aryl methyl sites for hydroxylation is 2. The molecule has 0 spiro atoms. The van der Waals surface area contributed by atoms with Crippen LogP contribution >= 0.6 is 0 Å². The number of sulfonamides is 1. The molecule has 2 saturated carbocycles. The molecule has 1 aromatic carbocycles. The summed E-state index contributed by atoms with van der Waals surface area (Å²) < 4.78 is 27.4. The van der Waals surface area contributed by atoms with E-state index in [0.29, 0.717) is 43.4 Å². The highest BCUT2D eigenvalue weighted by Crippen LogP contribution is 2.49. The maximum absolute atomic E-state index is 12.9. The predicted molar refractivity (Wildman–Crippen MR) is 105 cm³/mol. The Labute approximate surface area is 162 Å². The van der Waals surface area contributed by atoms with Crippen molar-refractivity contribution in [3.05, 3.63) is 29.3 Å². The highest BCUT2D eigenvalue weighted by molar-refractivity contribution is 7.89. The number of hydrogen-bond donors (Lipinski definition) is 0. The van der Waals surface area contributed by atoms with E-state index < -0.39 is 10.0 Å². The molecule has 2 aliphatic carbocycles. The molecule has 2 bridgehead atoms. The summed E-state index contributed by atoms with van der Waals surface area (Å²) in [6.07, 6.45) is 5.84. The first-order chi connectivity index (χ1) is 12.8. The smallest absolute Gasteiger partial charge is 0.243 e. The number of piperazine rings is 1. The first-order valence-electron chi connectivity index (χ1n) is 10.2. The van der Waals surface area contributed by atoms with Crippen molar-refractivity contribution in [2.75, 3.05) is 26.2 Å². The molecule has 0 aromatic heterocycles. The van der Waals surface area contributed by atoms with Crippen LogP contribution in [0.15, 0.2) is 23.1 Å². The van der Waals surface area contributed by atoms with Crippen LogP contribution in [0.3, 0.4) is 0 Å². The minimum absolute atomic E-state index is 0.218.